The Hall–Kier alpha value is -1.06. The summed E-state index contributed by atoms with van der Waals surface area (Å²) >= 11 is 0. The molecule has 3 rings (SSSR count). The van der Waals surface area contributed by atoms with Gasteiger partial charge in [-0.1, -0.05) is 6.92 Å². The van der Waals surface area contributed by atoms with E-state index in [-0.39, 0.29) is 23.9 Å². The minimum Gasteiger partial charge on any atom is -0.329 e. The summed E-state index contributed by atoms with van der Waals surface area (Å²) in [5.74, 6) is 1.07. The summed E-state index contributed by atoms with van der Waals surface area (Å²) in [4.78, 5) is 29.0. The van der Waals surface area contributed by atoms with Crippen LogP contribution < -0.4 is 0 Å². The second kappa shape index (κ2) is 4.80. The highest BCUT2D eigenvalue weighted by atomic mass is 16.2. The van der Waals surface area contributed by atoms with Crippen molar-refractivity contribution < 1.29 is 9.59 Å². The van der Waals surface area contributed by atoms with Crippen molar-refractivity contribution in [1.29, 1.82) is 0 Å². The zero-order chi connectivity index (χ0) is 13.6. The topological polar surface area (TPSA) is 40.6 Å². The lowest BCUT2D eigenvalue weighted by atomic mass is 9.94. The van der Waals surface area contributed by atoms with Crippen LogP contribution in [0.25, 0.3) is 0 Å². The van der Waals surface area contributed by atoms with Crippen molar-refractivity contribution in [3.05, 3.63) is 0 Å². The van der Waals surface area contributed by atoms with Crippen molar-refractivity contribution in [2.24, 2.45) is 5.92 Å². The molecule has 19 heavy (non-hydrogen) atoms. The molecule has 3 aliphatic rings. The third kappa shape index (κ3) is 2.05. The van der Waals surface area contributed by atoms with Crippen LogP contribution in [0.5, 0.6) is 0 Å². The number of piperidine rings is 1. The van der Waals surface area contributed by atoms with Gasteiger partial charge in [0.15, 0.2) is 0 Å². The third-order valence-corrected chi connectivity index (χ3v) is 5.16. The summed E-state index contributed by atoms with van der Waals surface area (Å²) in [6, 6.07) is -0.115. The van der Waals surface area contributed by atoms with Crippen LogP contribution in [0.15, 0.2) is 0 Å². The SMILES string of the molecule is CC1CCC(N2C(=O)C3CCCCN3C(=O)C2C)C1. The van der Waals surface area contributed by atoms with Gasteiger partial charge < -0.3 is 9.80 Å². The molecule has 2 saturated heterocycles. The van der Waals surface area contributed by atoms with Crippen LogP contribution in [0.4, 0.5) is 0 Å². The van der Waals surface area contributed by atoms with E-state index in [9.17, 15) is 9.59 Å². The van der Waals surface area contributed by atoms with Crippen molar-refractivity contribution in [3.8, 4) is 0 Å². The van der Waals surface area contributed by atoms with Crippen LogP contribution in [0.2, 0.25) is 0 Å². The second-order valence-electron chi connectivity index (χ2n) is 6.54. The summed E-state index contributed by atoms with van der Waals surface area (Å²) in [6.45, 7) is 4.93. The number of piperazine rings is 1. The van der Waals surface area contributed by atoms with Crippen LogP contribution in [-0.2, 0) is 9.59 Å². The van der Waals surface area contributed by atoms with E-state index in [4.69, 9.17) is 0 Å². The number of fused-ring (bicyclic) bond motifs is 1. The zero-order valence-electron chi connectivity index (χ0n) is 12.0. The molecule has 4 nitrogen and oxygen atoms in total. The predicted octanol–water partition coefficient (Wildman–Crippen LogP) is 1.79. The van der Waals surface area contributed by atoms with Gasteiger partial charge in [0.1, 0.15) is 12.1 Å². The Bertz CT molecular complexity index is 396. The lowest BCUT2D eigenvalue weighted by Gasteiger charge is -2.48. The van der Waals surface area contributed by atoms with Crippen LogP contribution in [0.3, 0.4) is 0 Å². The maximum Gasteiger partial charge on any atom is 0.246 e. The molecule has 1 saturated carbocycles. The molecular weight excluding hydrogens is 240 g/mol. The summed E-state index contributed by atoms with van der Waals surface area (Å²) in [5, 5.41) is 0. The fourth-order valence-corrected chi connectivity index (χ4v) is 4.10. The number of carbonyl (C=O) groups excluding carboxylic acids is 2. The van der Waals surface area contributed by atoms with Crippen molar-refractivity contribution in [1.82, 2.24) is 9.80 Å². The monoisotopic (exact) mass is 264 g/mol. The molecule has 0 N–H and O–H groups in total. The molecule has 106 valence electrons. The highest BCUT2D eigenvalue weighted by Gasteiger charge is 2.47. The molecule has 2 amide bonds. The average Bonchev–Trinajstić information content (AvgIpc) is 2.83. The first-order valence-electron chi connectivity index (χ1n) is 7.72. The van der Waals surface area contributed by atoms with Crippen molar-refractivity contribution >= 4 is 11.8 Å². The molecule has 3 fully saturated rings. The number of nitrogens with zero attached hydrogens (tertiary/aromatic N) is 2. The molecular formula is C15H24N2O2. The molecule has 2 aliphatic heterocycles. The number of hydrogen-bond acceptors (Lipinski definition) is 2. The molecule has 0 bridgehead atoms. The first-order valence-corrected chi connectivity index (χ1v) is 7.72. The number of amides is 2. The average molecular weight is 264 g/mol. The molecule has 1 aliphatic carbocycles. The number of hydrogen-bond donors (Lipinski definition) is 0. The van der Waals surface area contributed by atoms with Gasteiger partial charge in [-0.25, -0.2) is 0 Å². The summed E-state index contributed by atoms with van der Waals surface area (Å²) in [6.07, 6.45) is 6.29. The lowest BCUT2D eigenvalue weighted by molar-refractivity contribution is -0.165. The van der Waals surface area contributed by atoms with Gasteiger partial charge in [0, 0.05) is 12.6 Å². The molecule has 0 aromatic carbocycles. The quantitative estimate of drug-likeness (QED) is 0.724. The molecule has 0 aromatic rings. The maximum atomic E-state index is 12.7. The number of rotatable bonds is 1. The van der Waals surface area contributed by atoms with Crippen LogP contribution in [0.1, 0.15) is 52.4 Å². The summed E-state index contributed by atoms with van der Waals surface area (Å²) < 4.78 is 0. The van der Waals surface area contributed by atoms with Gasteiger partial charge in [0.2, 0.25) is 11.8 Å². The van der Waals surface area contributed by atoms with E-state index >= 15 is 0 Å². The van der Waals surface area contributed by atoms with Gasteiger partial charge in [-0.15, -0.1) is 0 Å². The first kappa shape index (κ1) is 12.9. The minimum absolute atomic E-state index is 0.159. The Morgan fingerprint density at radius 1 is 1.00 bits per heavy atom. The Morgan fingerprint density at radius 3 is 2.47 bits per heavy atom. The molecule has 4 unspecified atom stereocenters. The van der Waals surface area contributed by atoms with E-state index in [0.29, 0.717) is 12.0 Å². The minimum atomic E-state index is -0.253. The summed E-state index contributed by atoms with van der Waals surface area (Å²) in [5.41, 5.74) is 0. The largest absolute Gasteiger partial charge is 0.329 e. The van der Waals surface area contributed by atoms with E-state index in [1.165, 1.54) is 6.42 Å². The van der Waals surface area contributed by atoms with E-state index in [1.807, 2.05) is 16.7 Å². The van der Waals surface area contributed by atoms with Gasteiger partial charge in [-0.3, -0.25) is 9.59 Å². The van der Waals surface area contributed by atoms with Gasteiger partial charge >= 0.3 is 0 Å². The Morgan fingerprint density at radius 2 is 1.79 bits per heavy atom. The maximum absolute atomic E-state index is 12.7. The normalized spacial score (nSPS) is 39.7. The standard InChI is InChI=1S/C15H24N2O2/c1-10-6-7-12(9-10)17-11(2)14(18)16-8-4-3-5-13(16)15(17)19/h10-13H,3-9H2,1-2H3. The van der Waals surface area contributed by atoms with Crippen molar-refractivity contribution in [2.75, 3.05) is 6.54 Å². The first-order chi connectivity index (χ1) is 9.09. The molecule has 4 atom stereocenters. The zero-order valence-corrected chi connectivity index (χ0v) is 12.0. The highest BCUT2D eigenvalue weighted by molar-refractivity contribution is 5.97. The fraction of sp³-hybridized carbons (Fsp3) is 0.867. The summed E-state index contributed by atoms with van der Waals surface area (Å²) in [7, 11) is 0. The lowest BCUT2D eigenvalue weighted by Crippen LogP contribution is -2.66. The Balaban J connectivity index is 1.84. The Labute approximate surface area is 115 Å². The van der Waals surface area contributed by atoms with Gasteiger partial charge in [-0.05, 0) is 51.4 Å². The van der Waals surface area contributed by atoms with Gasteiger partial charge in [0.05, 0.1) is 0 Å². The molecule has 0 aromatic heterocycles. The predicted molar refractivity (Wildman–Crippen MR) is 72.5 cm³/mol. The molecule has 0 spiro atoms. The third-order valence-electron chi connectivity index (χ3n) is 5.16. The smallest absolute Gasteiger partial charge is 0.246 e. The van der Waals surface area contributed by atoms with E-state index in [0.717, 1.165) is 38.6 Å². The Kier molecular flexibility index (Phi) is 3.27. The fourth-order valence-electron chi connectivity index (χ4n) is 4.10. The van der Waals surface area contributed by atoms with Crippen LogP contribution in [-0.4, -0.2) is 46.3 Å². The van der Waals surface area contributed by atoms with Gasteiger partial charge in [0.25, 0.3) is 0 Å². The highest BCUT2D eigenvalue weighted by Crippen LogP contribution is 2.34. The van der Waals surface area contributed by atoms with Crippen molar-refractivity contribution in [3.63, 3.8) is 0 Å². The molecule has 0 radical (unpaired) electrons. The van der Waals surface area contributed by atoms with E-state index in [1.54, 1.807) is 0 Å². The van der Waals surface area contributed by atoms with Crippen LogP contribution in [0, 0.1) is 5.92 Å². The molecule has 4 heteroatoms. The van der Waals surface area contributed by atoms with Gasteiger partial charge in [-0.2, -0.15) is 0 Å². The van der Waals surface area contributed by atoms with E-state index in [2.05, 4.69) is 6.92 Å². The van der Waals surface area contributed by atoms with Crippen molar-refractivity contribution in [2.45, 2.75) is 70.5 Å². The molecule has 2 heterocycles. The second-order valence-corrected chi connectivity index (χ2v) is 6.54. The van der Waals surface area contributed by atoms with E-state index < -0.39 is 0 Å². The number of carbonyl (C=O) groups is 2. The van der Waals surface area contributed by atoms with Crippen LogP contribution >= 0.6 is 0 Å².